The van der Waals surface area contributed by atoms with Crippen LogP contribution in [0.2, 0.25) is 0 Å². The molecule has 0 aliphatic carbocycles. The summed E-state index contributed by atoms with van der Waals surface area (Å²) >= 11 is 0. The standard InChI is InChI=1S/C29H33N7O5/c1-2-9-32-29(41)34-24-16-20(27(39)33-23(17-26(37)38)21-5-3-10-30-18-21)7-8-25(24)35-12-14-36(15-13-35)28(40)22-6-4-11-31-19-22/h3-8,10-11,16,18-19,23H,2,9,12-15,17H2,1H3,(H,33,39)(H,37,38)(H2,32,34,41). The highest BCUT2D eigenvalue weighted by molar-refractivity contribution is 6.00. The highest BCUT2D eigenvalue weighted by Crippen LogP contribution is 2.29. The smallest absolute Gasteiger partial charge is 0.319 e. The third kappa shape index (κ3) is 7.78. The lowest BCUT2D eigenvalue weighted by Gasteiger charge is -2.37. The second-order valence-corrected chi connectivity index (χ2v) is 9.54. The Morgan fingerprint density at radius 1 is 0.951 bits per heavy atom. The molecule has 4 amide bonds. The number of piperazine rings is 1. The van der Waals surface area contributed by atoms with Crippen LogP contribution < -0.4 is 20.9 Å². The van der Waals surface area contributed by atoms with Crippen molar-refractivity contribution in [1.29, 1.82) is 0 Å². The molecule has 12 nitrogen and oxygen atoms in total. The van der Waals surface area contributed by atoms with Crippen LogP contribution in [-0.4, -0.2) is 76.5 Å². The van der Waals surface area contributed by atoms with Crippen molar-refractivity contribution in [3.8, 4) is 0 Å². The Kier molecular flexibility index (Phi) is 9.81. The first-order chi connectivity index (χ1) is 19.9. The van der Waals surface area contributed by atoms with Crippen LogP contribution in [0, 0.1) is 0 Å². The number of amides is 4. The van der Waals surface area contributed by atoms with Gasteiger partial charge in [0.15, 0.2) is 0 Å². The number of anilines is 2. The number of rotatable bonds is 10. The van der Waals surface area contributed by atoms with Gasteiger partial charge in [0.2, 0.25) is 0 Å². The Hall–Kier alpha value is -5.00. The molecule has 1 aliphatic heterocycles. The quantitative estimate of drug-likeness (QED) is 0.295. The van der Waals surface area contributed by atoms with E-state index in [-0.39, 0.29) is 17.9 Å². The largest absolute Gasteiger partial charge is 0.481 e. The van der Waals surface area contributed by atoms with Crippen molar-refractivity contribution in [2.45, 2.75) is 25.8 Å². The number of aromatic nitrogens is 2. The Morgan fingerprint density at radius 2 is 1.68 bits per heavy atom. The molecule has 1 fully saturated rings. The summed E-state index contributed by atoms with van der Waals surface area (Å²) in [6.45, 7) is 4.41. The SMILES string of the molecule is CCCNC(=O)Nc1cc(C(=O)NC(CC(=O)O)c2cccnc2)ccc1N1CCN(C(=O)c2cccnc2)CC1. The molecule has 1 unspecified atom stereocenters. The molecular weight excluding hydrogens is 526 g/mol. The summed E-state index contributed by atoms with van der Waals surface area (Å²) in [6.07, 6.45) is 6.69. The predicted octanol–water partition coefficient (Wildman–Crippen LogP) is 2.92. The minimum Gasteiger partial charge on any atom is -0.481 e. The molecule has 1 aromatic carbocycles. The second kappa shape index (κ2) is 13.9. The third-order valence-electron chi connectivity index (χ3n) is 6.63. The second-order valence-electron chi connectivity index (χ2n) is 9.54. The van der Waals surface area contributed by atoms with E-state index in [0.29, 0.717) is 55.2 Å². The van der Waals surface area contributed by atoms with E-state index in [1.54, 1.807) is 66.0 Å². The summed E-state index contributed by atoms with van der Waals surface area (Å²) in [4.78, 5) is 62.0. The maximum Gasteiger partial charge on any atom is 0.319 e. The number of carboxylic acid groups (broad SMARTS) is 1. The van der Waals surface area contributed by atoms with E-state index in [4.69, 9.17) is 0 Å². The van der Waals surface area contributed by atoms with Crippen molar-refractivity contribution in [2.24, 2.45) is 0 Å². The van der Waals surface area contributed by atoms with Crippen LogP contribution in [0.4, 0.5) is 16.2 Å². The lowest BCUT2D eigenvalue weighted by molar-refractivity contribution is -0.137. The maximum atomic E-state index is 13.2. The average Bonchev–Trinajstić information content (AvgIpc) is 3.00. The fraction of sp³-hybridized carbons (Fsp3) is 0.310. The molecule has 1 saturated heterocycles. The van der Waals surface area contributed by atoms with Gasteiger partial charge in [0.1, 0.15) is 0 Å². The number of carboxylic acids is 1. The van der Waals surface area contributed by atoms with Crippen LogP contribution in [0.3, 0.4) is 0 Å². The minimum atomic E-state index is -1.06. The zero-order valence-electron chi connectivity index (χ0n) is 22.7. The van der Waals surface area contributed by atoms with Gasteiger partial charge in [-0.2, -0.15) is 0 Å². The van der Waals surface area contributed by atoms with Crippen molar-refractivity contribution in [1.82, 2.24) is 25.5 Å². The number of hydrogen-bond donors (Lipinski definition) is 4. The van der Waals surface area contributed by atoms with Crippen LogP contribution in [0.25, 0.3) is 0 Å². The van der Waals surface area contributed by atoms with E-state index in [0.717, 1.165) is 6.42 Å². The van der Waals surface area contributed by atoms with E-state index < -0.39 is 23.9 Å². The van der Waals surface area contributed by atoms with Crippen molar-refractivity contribution in [2.75, 3.05) is 42.9 Å². The van der Waals surface area contributed by atoms with Crippen molar-refractivity contribution >= 4 is 35.2 Å². The minimum absolute atomic E-state index is 0.0911. The lowest BCUT2D eigenvalue weighted by Crippen LogP contribution is -2.49. The van der Waals surface area contributed by atoms with Crippen LogP contribution in [0.5, 0.6) is 0 Å². The Balaban J connectivity index is 1.53. The summed E-state index contributed by atoms with van der Waals surface area (Å²) in [5.74, 6) is -1.65. The molecule has 214 valence electrons. The van der Waals surface area contributed by atoms with Gasteiger partial charge in [-0.05, 0) is 48.4 Å². The molecule has 0 spiro atoms. The lowest BCUT2D eigenvalue weighted by atomic mass is 10.0. The fourth-order valence-corrected chi connectivity index (χ4v) is 4.53. The first-order valence-electron chi connectivity index (χ1n) is 13.4. The Morgan fingerprint density at radius 3 is 2.32 bits per heavy atom. The summed E-state index contributed by atoms with van der Waals surface area (Å²) in [6, 6.07) is 10.6. The van der Waals surface area contributed by atoms with Gasteiger partial charge in [0.05, 0.1) is 29.4 Å². The molecule has 0 saturated carbocycles. The molecule has 12 heteroatoms. The van der Waals surface area contributed by atoms with Gasteiger partial charge in [-0.1, -0.05) is 13.0 Å². The van der Waals surface area contributed by atoms with E-state index in [1.165, 1.54) is 6.20 Å². The molecule has 3 aromatic rings. The predicted molar refractivity (Wildman–Crippen MR) is 153 cm³/mol. The number of nitrogens with zero attached hydrogens (tertiary/aromatic N) is 4. The summed E-state index contributed by atoms with van der Waals surface area (Å²) in [5.41, 5.74) is 2.48. The molecule has 3 heterocycles. The van der Waals surface area contributed by atoms with Crippen molar-refractivity contribution in [3.05, 3.63) is 83.9 Å². The molecule has 1 aliphatic rings. The first-order valence-corrected chi connectivity index (χ1v) is 13.4. The first kappa shape index (κ1) is 29.0. The van der Waals surface area contributed by atoms with Gasteiger partial charge in [-0.15, -0.1) is 0 Å². The van der Waals surface area contributed by atoms with Crippen LogP contribution in [0.15, 0.2) is 67.3 Å². The number of carbonyl (C=O) groups excluding carboxylic acids is 3. The average molecular weight is 560 g/mol. The van der Waals surface area contributed by atoms with Gasteiger partial charge in [-0.3, -0.25) is 24.4 Å². The van der Waals surface area contributed by atoms with Crippen molar-refractivity contribution in [3.63, 3.8) is 0 Å². The number of aliphatic carboxylic acids is 1. The third-order valence-corrected chi connectivity index (χ3v) is 6.63. The van der Waals surface area contributed by atoms with Crippen LogP contribution in [-0.2, 0) is 4.79 Å². The normalized spacial score (nSPS) is 13.7. The Labute approximate surface area is 237 Å². The molecule has 41 heavy (non-hydrogen) atoms. The van der Waals surface area contributed by atoms with E-state index in [9.17, 15) is 24.3 Å². The molecular formula is C29H33N7O5. The summed E-state index contributed by atoms with van der Waals surface area (Å²) in [7, 11) is 0. The van der Waals surface area contributed by atoms with Crippen LogP contribution in [0.1, 0.15) is 52.1 Å². The molecule has 4 N–H and O–H groups in total. The highest BCUT2D eigenvalue weighted by Gasteiger charge is 2.25. The van der Waals surface area contributed by atoms with Crippen LogP contribution >= 0.6 is 0 Å². The molecule has 0 radical (unpaired) electrons. The zero-order chi connectivity index (χ0) is 29.2. The molecule has 0 bridgehead atoms. The number of nitrogens with one attached hydrogen (secondary N) is 3. The van der Waals surface area contributed by atoms with Gasteiger partial charge in [0.25, 0.3) is 11.8 Å². The maximum absolute atomic E-state index is 13.2. The molecule has 4 rings (SSSR count). The van der Waals surface area contributed by atoms with Gasteiger partial charge in [0, 0.05) is 63.1 Å². The summed E-state index contributed by atoms with van der Waals surface area (Å²) in [5, 5.41) is 17.8. The highest BCUT2D eigenvalue weighted by atomic mass is 16.4. The van der Waals surface area contributed by atoms with Gasteiger partial charge < -0.3 is 30.9 Å². The molecule has 1 atom stereocenters. The molecule has 2 aromatic heterocycles. The Bertz CT molecular complexity index is 1360. The summed E-state index contributed by atoms with van der Waals surface area (Å²) < 4.78 is 0. The fourth-order valence-electron chi connectivity index (χ4n) is 4.53. The number of urea groups is 1. The van der Waals surface area contributed by atoms with Crippen molar-refractivity contribution < 1.29 is 24.3 Å². The number of pyridine rings is 2. The van der Waals surface area contributed by atoms with Gasteiger partial charge in [-0.25, -0.2) is 4.79 Å². The number of carbonyl (C=O) groups is 4. The van der Waals surface area contributed by atoms with Gasteiger partial charge >= 0.3 is 12.0 Å². The number of benzene rings is 1. The van der Waals surface area contributed by atoms with E-state index >= 15 is 0 Å². The van der Waals surface area contributed by atoms with E-state index in [1.807, 2.05) is 11.8 Å². The monoisotopic (exact) mass is 559 g/mol. The zero-order valence-corrected chi connectivity index (χ0v) is 22.7. The van der Waals surface area contributed by atoms with E-state index in [2.05, 4.69) is 25.9 Å². The topological polar surface area (TPSA) is 157 Å². The number of hydrogen-bond acceptors (Lipinski definition) is 7.